The number of aryl methyl sites for hydroxylation is 1. The lowest BCUT2D eigenvalue weighted by molar-refractivity contribution is -0.155. The number of benzene rings is 3. The number of carbonyl (C=O) groups is 3. The second-order valence-corrected chi connectivity index (χ2v) is 13.0. The standard InChI is InChI=1S/C37H35ClF3N3O5/c38-28-8-2-1-6-24(28)21-43(27-13-14-27)36(48)35-37(19-3-7-26(42-37)22-44(35)31(45)17-18-32(46)47)25-11-9-23(10-12-25)5-4-20-49-34-30(40)16-15-29(39)33(34)41/h1-2,6,8-12,15-16,26-27,35,42H,4-5,13-14,17-22H2,(H,46,47)/t26-,35?,37+/m0/s1. The van der Waals surface area contributed by atoms with Crippen LogP contribution < -0.4 is 10.1 Å². The normalized spacial score (nSPS) is 21.0. The zero-order valence-electron chi connectivity index (χ0n) is 26.6. The molecule has 49 heavy (non-hydrogen) atoms. The monoisotopic (exact) mass is 693 g/mol. The summed E-state index contributed by atoms with van der Waals surface area (Å²) in [5.41, 5.74) is 1.31. The predicted molar refractivity (Wildman–Crippen MR) is 175 cm³/mol. The molecule has 0 aromatic heterocycles. The molecule has 1 aliphatic carbocycles. The number of fused-ring (bicyclic) bond motifs is 2. The van der Waals surface area contributed by atoms with Crippen LogP contribution in [0.15, 0.2) is 60.7 Å². The van der Waals surface area contributed by atoms with Gasteiger partial charge in [-0.25, -0.2) is 8.78 Å². The molecule has 256 valence electrons. The van der Waals surface area contributed by atoms with Gasteiger partial charge in [-0.1, -0.05) is 65.9 Å². The summed E-state index contributed by atoms with van der Waals surface area (Å²) in [7, 11) is 0. The second-order valence-electron chi connectivity index (χ2n) is 12.6. The van der Waals surface area contributed by atoms with Crippen LogP contribution in [-0.4, -0.2) is 64.0 Å². The Kier molecular flexibility index (Phi) is 10.2. The molecule has 1 saturated heterocycles. The molecule has 3 aromatic carbocycles. The Labute approximate surface area is 287 Å². The highest BCUT2D eigenvalue weighted by Crippen LogP contribution is 2.41. The molecule has 2 heterocycles. The number of carboxylic acid groups (broad SMARTS) is 1. The molecular weight excluding hydrogens is 659 g/mol. The number of nitrogens with one attached hydrogen (secondary N) is 1. The molecule has 3 atom stereocenters. The maximum Gasteiger partial charge on any atom is 0.303 e. The molecule has 0 radical (unpaired) electrons. The van der Waals surface area contributed by atoms with Crippen LogP contribution in [0.3, 0.4) is 0 Å². The van der Waals surface area contributed by atoms with Gasteiger partial charge in [0.25, 0.3) is 0 Å². The first-order valence-corrected chi connectivity index (χ1v) is 16.6. The first kappa shape index (κ1) is 34.3. The average Bonchev–Trinajstić information content (AvgIpc) is 3.93. The molecule has 2 aliphatic heterocycles. The lowest BCUT2D eigenvalue weighted by Crippen LogP contribution is -2.73. The minimum Gasteiger partial charge on any atom is -0.488 e. The quantitative estimate of drug-likeness (QED) is 0.138. The summed E-state index contributed by atoms with van der Waals surface area (Å²) in [4.78, 5) is 43.3. The van der Waals surface area contributed by atoms with Gasteiger partial charge in [0.1, 0.15) is 6.04 Å². The zero-order valence-corrected chi connectivity index (χ0v) is 27.3. The molecule has 3 aromatic rings. The van der Waals surface area contributed by atoms with Crippen molar-refractivity contribution >= 4 is 29.4 Å². The number of hydrogen-bond acceptors (Lipinski definition) is 5. The first-order chi connectivity index (χ1) is 23.6. The van der Waals surface area contributed by atoms with Gasteiger partial charge < -0.3 is 19.6 Å². The number of piperazine rings is 1. The van der Waals surface area contributed by atoms with Crippen LogP contribution in [0.25, 0.3) is 0 Å². The molecule has 2 amide bonds. The molecule has 2 fully saturated rings. The van der Waals surface area contributed by atoms with E-state index in [9.17, 15) is 32.7 Å². The Morgan fingerprint density at radius 2 is 1.76 bits per heavy atom. The van der Waals surface area contributed by atoms with E-state index in [1.807, 2.05) is 42.5 Å². The van der Waals surface area contributed by atoms with Crippen molar-refractivity contribution < 1.29 is 37.4 Å². The molecule has 12 heteroatoms. The van der Waals surface area contributed by atoms with Crippen molar-refractivity contribution in [3.63, 3.8) is 0 Å². The van der Waals surface area contributed by atoms with E-state index in [-0.39, 0.29) is 50.9 Å². The van der Waals surface area contributed by atoms with Gasteiger partial charge in [-0.3, -0.25) is 19.7 Å². The molecule has 1 saturated carbocycles. The van der Waals surface area contributed by atoms with Crippen molar-refractivity contribution in [2.24, 2.45) is 0 Å². The lowest BCUT2D eigenvalue weighted by atomic mass is 9.73. The Morgan fingerprint density at radius 1 is 1.02 bits per heavy atom. The Hall–Kier alpha value is -4.53. The molecule has 6 rings (SSSR count). The van der Waals surface area contributed by atoms with Gasteiger partial charge in [-0.2, -0.15) is 4.39 Å². The van der Waals surface area contributed by atoms with Gasteiger partial charge in [-0.05, 0) is 60.6 Å². The Balaban J connectivity index is 1.27. The molecule has 2 N–H and O–H groups in total. The van der Waals surface area contributed by atoms with E-state index in [0.29, 0.717) is 23.9 Å². The molecular formula is C37H35ClF3N3O5. The fourth-order valence-electron chi connectivity index (χ4n) is 6.64. The van der Waals surface area contributed by atoms with Gasteiger partial charge in [0.2, 0.25) is 17.6 Å². The Morgan fingerprint density at radius 3 is 2.47 bits per heavy atom. The van der Waals surface area contributed by atoms with Crippen LogP contribution >= 0.6 is 11.6 Å². The van der Waals surface area contributed by atoms with Gasteiger partial charge in [0, 0.05) is 37.0 Å². The number of hydrogen-bond donors (Lipinski definition) is 2. The maximum absolute atomic E-state index is 14.8. The van der Waals surface area contributed by atoms with Crippen molar-refractivity contribution in [3.05, 3.63) is 99.8 Å². The number of rotatable bonds is 13. The van der Waals surface area contributed by atoms with E-state index in [4.69, 9.17) is 16.3 Å². The minimum absolute atomic E-state index is 0.0249. The predicted octanol–water partition coefficient (Wildman–Crippen LogP) is 5.60. The largest absolute Gasteiger partial charge is 0.488 e. The van der Waals surface area contributed by atoms with Crippen molar-refractivity contribution in [2.45, 2.75) is 75.2 Å². The number of ether oxygens (including phenoxy) is 1. The van der Waals surface area contributed by atoms with Gasteiger partial charge in [-0.15, -0.1) is 0 Å². The van der Waals surface area contributed by atoms with Crippen molar-refractivity contribution in [1.29, 1.82) is 0 Å². The van der Waals surface area contributed by atoms with Crippen molar-refractivity contribution in [1.82, 2.24) is 15.1 Å². The number of carboxylic acids is 1. The van der Waals surface area contributed by atoms with E-state index < -0.39 is 52.7 Å². The van der Waals surface area contributed by atoms with Crippen molar-refractivity contribution in [3.8, 4) is 17.6 Å². The zero-order chi connectivity index (χ0) is 34.7. The molecule has 3 aliphatic rings. The van der Waals surface area contributed by atoms with Gasteiger partial charge in [0.15, 0.2) is 17.4 Å². The highest BCUT2D eigenvalue weighted by atomic mass is 35.5. The number of nitrogens with zero attached hydrogens (tertiary/aromatic N) is 2. The third kappa shape index (κ3) is 7.41. The van der Waals surface area contributed by atoms with Gasteiger partial charge >= 0.3 is 5.97 Å². The van der Waals surface area contributed by atoms with Crippen LogP contribution in [0.5, 0.6) is 5.75 Å². The van der Waals surface area contributed by atoms with Crippen LogP contribution in [-0.2, 0) is 32.9 Å². The fourth-order valence-corrected chi connectivity index (χ4v) is 6.83. The average molecular weight is 694 g/mol. The molecule has 8 nitrogen and oxygen atoms in total. The highest BCUT2D eigenvalue weighted by molar-refractivity contribution is 6.31. The summed E-state index contributed by atoms with van der Waals surface area (Å²) in [6.07, 6.45) is 2.11. The van der Waals surface area contributed by atoms with E-state index in [1.165, 1.54) is 4.90 Å². The number of carbonyl (C=O) groups excluding carboxylic acids is 2. The molecule has 0 spiro atoms. The van der Waals surface area contributed by atoms with E-state index in [0.717, 1.165) is 35.6 Å². The van der Waals surface area contributed by atoms with Crippen LogP contribution in [0.4, 0.5) is 13.2 Å². The second kappa shape index (κ2) is 14.5. The fraction of sp³-hybridized carbons (Fsp3) is 0.378. The SMILES string of the molecule is O=C(O)CCC(=O)N1C[C@@H]2C#CC[C@](c3ccc(CCCOc4c(F)ccc(F)c4F)cc3)(N2)C1C(=O)N(Cc1ccccc1Cl)C1CC1. The number of amides is 2. The lowest BCUT2D eigenvalue weighted by Gasteiger charge is -2.53. The minimum atomic E-state index is -1.37. The first-order valence-electron chi connectivity index (χ1n) is 16.2. The number of halogens is 4. The van der Waals surface area contributed by atoms with Gasteiger partial charge in [0.05, 0.1) is 24.6 Å². The third-order valence-electron chi connectivity index (χ3n) is 9.24. The number of aliphatic carboxylic acids is 1. The summed E-state index contributed by atoms with van der Waals surface area (Å²) in [6.45, 7) is 0.333. The highest BCUT2D eigenvalue weighted by Gasteiger charge is 2.56. The van der Waals surface area contributed by atoms with Crippen LogP contribution in [0, 0.1) is 29.3 Å². The molecule has 1 unspecified atom stereocenters. The summed E-state index contributed by atoms with van der Waals surface area (Å²) >= 11 is 6.51. The van der Waals surface area contributed by atoms with Crippen LogP contribution in [0.2, 0.25) is 5.02 Å². The maximum atomic E-state index is 14.8. The summed E-state index contributed by atoms with van der Waals surface area (Å²) in [5, 5.41) is 13.4. The van der Waals surface area contributed by atoms with E-state index in [2.05, 4.69) is 17.2 Å². The summed E-state index contributed by atoms with van der Waals surface area (Å²) in [5.74, 6) is 0.236. The smallest absolute Gasteiger partial charge is 0.303 e. The molecule has 2 bridgehead atoms. The Bertz CT molecular complexity index is 1810. The summed E-state index contributed by atoms with van der Waals surface area (Å²) < 4.78 is 46.6. The third-order valence-corrected chi connectivity index (χ3v) is 9.61. The van der Waals surface area contributed by atoms with Crippen molar-refractivity contribution in [2.75, 3.05) is 13.2 Å². The summed E-state index contributed by atoms with van der Waals surface area (Å²) in [6, 6.07) is 14.8. The van der Waals surface area contributed by atoms with E-state index >= 15 is 0 Å². The van der Waals surface area contributed by atoms with Crippen LogP contribution in [0.1, 0.15) is 55.2 Å². The van der Waals surface area contributed by atoms with E-state index in [1.54, 1.807) is 11.0 Å². The topological polar surface area (TPSA) is 99.2 Å².